The van der Waals surface area contributed by atoms with E-state index in [0.717, 1.165) is 16.9 Å². The molecule has 2 heterocycles. The summed E-state index contributed by atoms with van der Waals surface area (Å²) in [7, 11) is 0. The summed E-state index contributed by atoms with van der Waals surface area (Å²) in [6.07, 6.45) is 5.51. The summed E-state index contributed by atoms with van der Waals surface area (Å²) in [5.41, 5.74) is 1.83. The van der Waals surface area contributed by atoms with Crippen molar-refractivity contribution in [3.8, 4) is 5.75 Å². The number of hydrogen-bond acceptors (Lipinski definition) is 3. The Bertz CT molecular complexity index is 624. The standard InChI is InChI=1S/C16H16ClNO3/c17-13-2-3-15-12(8-13)7-11(10-21-15)1-4-16(20)18-6-5-14(19)9-18/h1-4,7-8,14,19H,5-6,9-10H2/t14-/m1/s1. The van der Waals surface area contributed by atoms with Crippen LogP contribution in [0, 0.1) is 0 Å². The number of ether oxygens (including phenoxy) is 1. The molecule has 1 amide bonds. The second-order valence-electron chi connectivity index (χ2n) is 5.25. The third-order valence-electron chi connectivity index (χ3n) is 3.62. The molecular formula is C16H16ClNO3. The fourth-order valence-electron chi connectivity index (χ4n) is 2.49. The van der Waals surface area contributed by atoms with Crippen molar-refractivity contribution in [3.63, 3.8) is 0 Å². The van der Waals surface area contributed by atoms with Crippen LogP contribution >= 0.6 is 11.6 Å². The maximum absolute atomic E-state index is 12.0. The number of β-amino-alcohol motifs (C(OH)–C–C–N with tert-alkyl or cyclic N) is 1. The van der Waals surface area contributed by atoms with Crippen LogP contribution in [0.25, 0.3) is 6.08 Å². The molecule has 1 fully saturated rings. The van der Waals surface area contributed by atoms with Crippen molar-refractivity contribution < 1.29 is 14.6 Å². The molecule has 0 aromatic heterocycles. The van der Waals surface area contributed by atoms with Crippen LogP contribution in [0.1, 0.15) is 12.0 Å². The third-order valence-corrected chi connectivity index (χ3v) is 3.86. The maximum atomic E-state index is 12.0. The third kappa shape index (κ3) is 3.28. The van der Waals surface area contributed by atoms with Crippen molar-refractivity contribution in [1.29, 1.82) is 0 Å². The summed E-state index contributed by atoms with van der Waals surface area (Å²) < 4.78 is 5.62. The van der Waals surface area contributed by atoms with E-state index >= 15 is 0 Å². The van der Waals surface area contributed by atoms with Crippen LogP contribution in [-0.2, 0) is 4.79 Å². The van der Waals surface area contributed by atoms with E-state index in [1.807, 2.05) is 18.2 Å². The molecule has 3 rings (SSSR count). The Labute approximate surface area is 128 Å². The van der Waals surface area contributed by atoms with E-state index in [2.05, 4.69) is 0 Å². The van der Waals surface area contributed by atoms with E-state index in [1.165, 1.54) is 6.08 Å². The molecule has 0 radical (unpaired) electrons. The van der Waals surface area contributed by atoms with Crippen molar-refractivity contribution in [1.82, 2.24) is 4.90 Å². The first kappa shape index (κ1) is 14.2. The normalized spacial score (nSPS) is 21.1. The molecule has 0 aliphatic carbocycles. The van der Waals surface area contributed by atoms with Crippen molar-refractivity contribution in [2.24, 2.45) is 0 Å². The van der Waals surface area contributed by atoms with E-state index in [0.29, 0.717) is 31.1 Å². The SMILES string of the molecule is O=C(C=CC1=Cc2cc(Cl)ccc2OC1)N1CC[C@@H](O)C1. The minimum atomic E-state index is -0.395. The molecule has 2 aliphatic heterocycles. The molecule has 0 spiro atoms. The fourth-order valence-corrected chi connectivity index (χ4v) is 2.67. The summed E-state index contributed by atoms with van der Waals surface area (Å²) in [5, 5.41) is 10.1. The number of rotatable bonds is 2. The fraction of sp³-hybridized carbons (Fsp3) is 0.312. The average molecular weight is 306 g/mol. The highest BCUT2D eigenvalue weighted by Crippen LogP contribution is 2.29. The van der Waals surface area contributed by atoms with Gasteiger partial charge in [0.25, 0.3) is 0 Å². The smallest absolute Gasteiger partial charge is 0.246 e. The predicted molar refractivity (Wildman–Crippen MR) is 81.3 cm³/mol. The van der Waals surface area contributed by atoms with Crippen molar-refractivity contribution in [2.45, 2.75) is 12.5 Å². The Morgan fingerprint density at radius 1 is 1.48 bits per heavy atom. The van der Waals surface area contributed by atoms with Crippen molar-refractivity contribution in [3.05, 3.63) is 46.5 Å². The van der Waals surface area contributed by atoms with Gasteiger partial charge in [-0.1, -0.05) is 17.7 Å². The predicted octanol–water partition coefficient (Wildman–Crippen LogP) is 2.27. The quantitative estimate of drug-likeness (QED) is 0.853. The Morgan fingerprint density at radius 3 is 3.10 bits per heavy atom. The van der Waals surface area contributed by atoms with Gasteiger partial charge in [0.15, 0.2) is 0 Å². The molecule has 1 N–H and O–H groups in total. The first-order valence-electron chi connectivity index (χ1n) is 6.90. The molecule has 1 aromatic rings. The highest BCUT2D eigenvalue weighted by Gasteiger charge is 2.22. The van der Waals surface area contributed by atoms with Gasteiger partial charge in [0.05, 0.1) is 6.10 Å². The zero-order chi connectivity index (χ0) is 14.8. The number of carbonyl (C=O) groups is 1. The summed E-state index contributed by atoms with van der Waals surface area (Å²) in [6, 6.07) is 5.46. The zero-order valence-electron chi connectivity index (χ0n) is 11.5. The van der Waals surface area contributed by atoms with Gasteiger partial charge in [-0.2, -0.15) is 0 Å². The largest absolute Gasteiger partial charge is 0.488 e. The highest BCUT2D eigenvalue weighted by molar-refractivity contribution is 6.30. The van der Waals surface area contributed by atoms with E-state index in [1.54, 1.807) is 17.0 Å². The molecule has 5 heteroatoms. The van der Waals surface area contributed by atoms with Gasteiger partial charge >= 0.3 is 0 Å². The number of benzene rings is 1. The number of carbonyl (C=O) groups excluding carboxylic acids is 1. The second kappa shape index (κ2) is 5.92. The average Bonchev–Trinajstić information content (AvgIpc) is 2.91. The summed E-state index contributed by atoms with van der Waals surface area (Å²) in [6.45, 7) is 1.45. The zero-order valence-corrected chi connectivity index (χ0v) is 12.2. The van der Waals surface area contributed by atoms with Gasteiger partial charge in [-0.05, 0) is 36.3 Å². The lowest BCUT2D eigenvalue weighted by Gasteiger charge is -2.16. The Morgan fingerprint density at radius 2 is 2.33 bits per heavy atom. The van der Waals surface area contributed by atoms with Crippen LogP contribution in [0.5, 0.6) is 5.75 Å². The molecule has 1 aromatic carbocycles. The minimum Gasteiger partial charge on any atom is -0.488 e. The lowest BCUT2D eigenvalue weighted by atomic mass is 10.1. The Kier molecular flexibility index (Phi) is 3.99. The summed E-state index contributed by atoms with van der Waals surface area (Å²) >= 11 is 5.96. The molecule has 110 valence electrons. The lowest BCUT2D eigenvalue weighted by molar-refractivity contribution is -0.125. The first-order valence-corrected chi connectivity index (χ1v) is 7.27. The number of likely N-dealkylation sites (tertiary alicyclic amines) is 1. The Hall–Kier alpha value is -1.78. The van der Waals surface area contributed by atoms with Gasteiger partial charge in [-0.25, -0.2) is 0 Å². The molecule has 0 bridgehead atoms. The molecular weight excluding hydrogens is 290 g/mol. The van der Waals surface area contributed by atoms with Gasteiger partial charge in [-0.3, -0.25) is 4.79 Å². The van der Waals surface area contributed by atoms with Crippen LogP contribution < -0.4 is 4.74 Å². The number of halogens is 1. The van der Waals surface area contributed by atoms with E-state index in [-0.39, 0.29) is 5.91 Å². The van der Waals surface area contributed by atoms with Crippen LogP contribution in [0.15, 0.2) is 35.9 Å². The van der Waals surface area contributed by atoms with Gasteiger partial charge in [0.2, 0.25) is 5.91 Å². The molecule has 2 aliphatic rings. The molecule has 1 atom stereocenters. The lowest BCUT2D eigenvalue weighted by Crippen LogP contribution is -2.27. The van der Waals surface area contributed by atoms with Gasteiger partial charge in [0, 0.05) is 29.8 Å². The molecule has 1 saturated heterocycles. The maximum Gasteiger partial charge on any atom is 0.246 e. The van der Waals surface area contributed by atoms with Crippen LogP contribution in [-0.4, -0.2) is 41.7 Å². The number of hydrogen-bond donors (Lipinski definition) is 1. The Balaban J connectivity index is 1.70. The second-order valence-corrected chi connectivity index (χ2v) is 5.69. The van der Waals surface area contributed by atoms with Crippen LogP contribution in [0.2, 0.25) is 5.02 Å². The van der Waals surface area contributed by atoms with E-state index in [9.17, 15) is 9.90 Å². The minimum absolute atomic E-state index is 0.0793. The molecule has 21 heavy (non-hydrogen) atoms. The summed E-state index contributed by atoms with van der Waals surface area (Å²) in [5.74, 6) is 0.717. The van der Waals surface area contributed by atoms with Crippen LogP contribution in [0.3, 0.4) is 0 Å². The van der Waals surface area contributed by atoms with E-state index in [4.69, 9.17) is 16.3 Å². The number of amides is 1. The molecule has 0 unspecified atom stereocenters. The van der Waals surface area contributed by atoms with Gasteiger partial charge < -0.3 is 14.7 Å². The molecule has 4 nitrogen and oxygen atoms in total. The van der Waals surface area contributed by atoms with Gasteiger partial charge in [-0.15, -0.1) is 0 Å². The van der Waals surface area contributed by atoms with Crippen LogP contribution in [0.4, 0.5) is 0 Å². The number of fused-ring (bicyclic) bond motifs is 1. The monoisotopic (exact) mass is 305 g/mol. The number of aliphatic hydroxyl groups excluding tert-OH is 1. The van der Waals surface area contributed by atoms with Crippen molar-refractivity contribution >= 4 is 23.6 Å². The van der Waals surface area contributed by atoms with Gasteiger partial charge in [0.1, 0.15) is 12.4 Å². The molecule has 0 saturated carbocycles. The van der Waals surface area contributed by atoms with Crippen molar-refractivity contribution in [2.75, 3.05) is 19.7 Å². The number of nitrogens with zero attached hydrogens (tertiary/aromatic N) is 1. The highest BCUT2D eigenvalue weighted by atomic mass is 35.5. The summed E-state index contributed by atoms with van der Waals surface area (Å²) in [4.78, 5) is 13.6. The topological polar surface area (TPSA) is 49.8 Å². The van der Waals surface area contributed by atoms with E-state index < -0.39 is 6.10 Å². The first-order chi connectivity index (χ1) is 10.1. The number of aliphatic hydroxyl groups is 1.